The maximum absolute atomic E-state index is 14.0. The van der Waals surface area contributed by atoms with Gasteiger partial charge in [0.1, 0.15) is 48.0 Å². The van der Waals surface area contributed by atoms with Crippen molar-refractivity contribution in [3.05, 3.63) is 29.8 Å². The van der Waals surface area contributed by atoms with Crippen molar-refractivity contribution in [2.45, 2.75) is 119 Å². The van der Waals surface area contributed by atoms with Crippen molar-refractivity contribution in [1.29, 1.82) is 0 Å². The van der Waals surface area contributed by atoms with Crippen molar-refractivity contribution in [2.75, 3.05) is 13.2 Å². The molecule has 1 aromatic carbocycles. The molecule has 8 atom stereocenters. The number of aliphatic hydroxyl groups is 1. The predicted octanol–water partition coefficient (Wildman–Crippen LogP) is -5.22. The van der Waals surface area contributed by atoms with Crippen molar-refractivity contribution in [3.63, 3.8) is 0 Å². The molecule has 1 heterocycles. The van der Waals surface area contributed by atoms with Crippen molar-refractivity contribution in [1.82, 2.24) is 36.8 Å². The molecule has 380 valence electrons. The number of phenolic OH excluding ortho intramolecular Hbond substituents is 1. The van der Waals surface area contributed by atoms with E-state index in [0.717, 1.165) is 4.90 Å². The van der Waals surface area contributed by atoms with Crippen molar-refractivity contribution in [3.8, 4) is 5.75 Å². The lowest BCUT2D eigenvalue weighted by molar-refractivity contribution is -0.150. The molecule has 0 saturated carbocycles. The number of nitrogens with one attached hydrogen (secondary N) is 6. The molecule has 1 aromatic rings. The molecule has 2 rings (SSSR count). The fourth-order valence-corrected chi connectivity index (χ4v) is 6.64. The summed E-state index contributed by atoms with van der Waals surface area (Å²) >= 11 is 0. The van der Waals surface area contributed by atoms with Crippen LogP contribution < -0.4 is 37.6 Å². The quantitative estimate of drug-likeness (QED) is 0.0342. The number of benzene rings is 1. The molecule has 1 aliphatic rings. The summed E-state index contributed by atoms with van der Waals surface area (Å²) < 4.78 is 0. The molecule has 1 aliphatic heterocycles. The SMILES string of the molecule is N[C@@H](CCC(=O)O)C(=O)N[C@@H](CCC(=O)O)C(=O)N[C@@H](CC(=O)O)C(=O)N[C@@H](CC(=O)O)C(=O)N[C@@H](Cc1ccc(O)cc1)C(=O)N[C@@H](CCC(=O)O)C(=O)N[C@@H](CO)C(=O)N1CCC[C@H]1C(=O)O. The second-order valence-electron chi connectivity index (χ2n) is 15.5. The number of hydrogen-bond donors (Lipinski definition) is 15. The number of amides is 7. The van der Waals surface area contributed by atoms with Crippen LogP contribution in [0, 0.1) is 0 Å². The molecule has 0 bridgehead atoms. The van der Waals surface area contributed by atoms with Gasteiger partial charge >= 0.3 is 35.8 Å². The van der Waals surface area contributed by atoms with E-state index in [1.165, 1.54) is 24.3 Å². The molecule has 1 fully saturated rings. The largest absolute Gasteiger partial charge is 0.508 e. The first-order chi connectivity index (χ1) is 32.3. The van der Waals surface area contributed by atoms with Crippen LogP contribution in [0.3, 0.4) is 0 Å². The summed E-state index contributed by atoms with van der Waals surface area (Å²) in [6, 6.07) is -9.57. The van der Waals surface area contributed by atoms with Gasteiger partial charge in [0.05, 0.1) is 25.5 Å². The minimum atomic E-state index is -2.20. The van der Waals surface area contributed by atoms with E-state index in [1.807, 2.05) is 10.6 Å². The monoisotopic (exact) mass is 982 g/mol. The third-order valence-electron chi connectivity index (χ3n) is 10.2. The fraction of sp³-hybridized carbons (Fsp3) is 0.525. The summed E-state index contributed by atoms with van der Waals surface area (Å²) in [7, 11) is 0. The van der Waals surface area contributed by atoms with Gasteiger partial charge in [-0.25, -0.2) is 4.79 Å². The summed E-state index contributed by atoms with van der Waals surface area (Å²) in [5.74, 6) is -18.4. The Hall–Kier alpha value is -7.95. The first kappa shape index (κ1) is 57.2. The van der Waals surface area contributed by atoms with Crippen molar-refractivity contribution in [2.24, 2.45) is 5.73 Å². The van der Waals surface area contributed by atoms with E-state index in [-0.39, 0.29) is 30.7 Å². The molecule has 69 heavy (non-hydrogen) atoms. The average molecular weight is 983 g/mol. The summed E-state index contributed by atoms with van der Waals surface area (Å²) in [4.78, 5) is 164. The summed E-state index contributed by atoms with van der Waals surface area (Å²) in [5, 5.41) is 88.6. The summed E-state index contributed by atoms with van der Waals surface area (Å²) in [5.41, 5.74) is 5.87. The first-order valence-electron chi connectivity index (χ1n) is 20.9. The van der Waals surface area contributed by atoms with Gasteiger partial charge in [-0.2, -0.15) is 0 Å². The van der Waals surface area contributed by atoms with Crippen LogP contribution in [0.15, 0.2) is 24.3 Å². The van der Waals surface area contributed by atoms with Gasteiger partial charge in [-0.3, -0.25) is 57.5 Å². The zero-order chi connectivity index (χ0) is 52.1. The Morgan fingerprint density at radius 3 is 1.36 bits per heavy atom. The number of nitrogens with zero attached hydrogens (tertiary/aromatic N) is 1. The Labute approximate surface area is 390 Å². The van der Waals surface area contributed by atoms with Crippen LogP contribution in [-0.2, 0) is 68.7 Å². The van der Waals surface area contributed by atoms with Gasteiger partial charge in [0.25, 0.3) is 0 Å². The van der Waals surface area contributed by atoms with E-state index in [0.29, 0.717) is 0 Å². The van der Waals surface area contributed by atoms with Crippen LogP contribution in [0.25, 0.3) is 0 Å². The molecule has 0 aromatic heterocycles. The van der Waals surface area contributed by atoms with Gasteiger partial charge in [-0.05, 0) is 49.8 Å². The number of carboxylic acids is 6. The number of rotatable bonds is 30. The third-order valence-corrected chi connectivity index (χ3v) is 10.2. The fourth-order valence-electron chi connectivity index (χ4n) is 6.64. The van der Waals surface area contributed by atoms with E-state index in [1.54, 1.807) is 0 Å². The summed E-state index contributed by atoms with van der Waals surface area (Å²) in [6.07, 6.45) is -6.61. The molecule has 0 aliphatic carbocycles. The summed E-state index contributed by atoms with van der Waals surface area (Å²) in [6.45, 7) is -1.10. The number of carboxylic acid groups (broad SMARTS) is 6. The van der Waals surface area contributed by atoms with Crippen molar-refractivity contribution >= 4 is 77.2 Å². The number of carbonyl (C=O) groups is 13. The molecule has 0 spiro atoms. The number of aliphatic carboxylic acids is 6. The van der Waals surface area contributed by atoms with E-state index in [2.05, 4.69) is 21.3 Å². The highest BCUT2D eigenvalue weighted by molar-refractivity contribution is 5.99. The molecule has 0 unspecified atom stereocenters. The average Bonchev–Trinajstić information content (AvgIpc) is 3.77. The van der Waals surface area contributed by atoms with Crippen LogP contribution in [0.4, 0.5) is 0 Å². The third kappa shape index (κ3) is 19.8. The Morgan fingerprint density at radius 2 is 0.928 bits per heavy atom. The van der Waals surface area contributed by atoms with E-state index in [4.69, 9.17) is 10.8 Å². The Balaban J connectivity index is 2.45. The topological polar surface area (TPSA) is 485 Å². The number of aromatic hydroxyl groups is 1. The highest BCUT2D eigenvalue weighted by Gasteiger charge is 2.39. The van der Waals surface area contributed by atoms with Crippen LogP contribution in [0.2, 0.25) is 0 Å². The number of nitrogens with two attached hydrogens (primary N) is 1. The zero-order valence-corrected chi connectivity index (χ0v) is 36.5. The molecular formula is C40H54N8O21. The minimum absolute atomic E-state index is 0.0404. The number of aliphatic hydroxyl groups excluding tert-OH is 1. The van der Waals surface area contributed by atoms with Gasteiger partial charge in [-0.1, -0.05) is 12.1 Å². The number of carbonyl (C=O) groups excluding carboxylic acids is 7. The highest BCUT2D eigenvalue weighted by atomic mass is 16.4. The molecule has 29 nitrogen and oxygen atoms in total. The normalized spacial score (nSPS) is 16.1. The molecule has 29 heteroatoms. The van der Waals surface area contributed by atoms with E-state index >= 15 is 0 Å². The Bertz CT molecular complexity index is 2100. The second-order valence-corrected chi connectivity index (χ2v) is 15.5. The number of phenols is 1. The Morgan fingerprint density at radius 1 is 0.536 bits per heavy atom. The molecule has 16 N–H and O–H groups in total. The first-order valence-corrected chi connectivity index (χ1v) is 20.9. The van der Waals surface area contributed by atoms with Crippen molar-refractivity contribution < 1.29 is 103 Å². The van der Waals surface area contributed by atoms with Gasteiger partial charge in [0.15, 0.2) is 0 Å². The highest BCUT2D eigenvalue weighted by Crippen LogP contribution is 2.19. The lowest BCUT2D eigenvalue weighted by Crippen LogP contribution is -2.61. The Kier molecular flexibility index (Phi) is 22.9. The second kappa shape index (κ2) is 27.6. The van der Waals surface area contributed by atoms with Crippen LogP contribution in [0.5, 0.6) is 5.75 Å². The van der Waals surface area contributed by atoms with E-state index in [9.17, 15) is 98.1 Å². The van der Waals surface area contributed by atoms with E-state index < -0.39 is 190 Å². The van der Waals surface area contributed by atoms with Gasteiger partial charge in [0, 0.05) is 32.2 Å². The lowest BCUT2D eigenvalue weighted by Gasteiger charge is -2.28. The van der Waals surface area contributed by atoms with Gasteiger partial charge < -0.3 is 83.4 Å². The standard InChI is InChI=1S/C40H54N8O21/c41-20(7-10-28(51)52)33(61)42-21(8-11-29(53)54)34(62)45-24(15-31(57)58)38(66)46-25(16-32(59)60)37(65)44-23(14-18-3-5-19(50)6-4-18)36(64)43-22(9-12-30(55)56)35(63)47-26(17-49)39(67)48-13-1-2-27(48)40(68)69/h3-6,20-27,49-50H,1-2,7-17,41H2,(H,42,61)(H,43,64)(H,44,65)(H,45,62)(H,46,66)(H,47,63)(H,51,52)(H,53,54)(H,55,56)(H,57,58)(H,59,60)(H,68,69)/t20-,21-,22-,23-,24-,25-,26-,27-/m0/s1. The maximum atomic E-state index is 14.0. The van der Waals surface area contributed by atoms with Gasteiger partial charge in [-0.15, -0.1) is 0 Å². The van der Waals surface area contributed by atoms with Crippen LogP contribution in [-0.4, -0.2) is 184 Å². The van der Waals surface area contributed by atoms with Crippen LogP contribution >= 0.6 is 0 Å². The zero-order valence-electron chi connectivity index (χ0n) is 36.5. The predicted molar refractivity (Wildman–Crippen MR) is 226 cm³/mol. The minimum Gasteiger partial charge on any atom is -0.508 e. The van der Waals surface area contributed by atoms with Gasteiger partial charge in [0.2, 0.25) is 41.4 Å². The smallest absolute Gasteiger partial charge is 0.326 e. The lowest BCUT2D eigenvalue weighted by atomic mass is 10.0. The van der Waals surface area contributed by atoms with Crippen LogP contribution in [0.1, 0.15) is 69.8 Å². The molecule has 1 saturated heterocycles. The number of likely N-dealkylation sites (tertiary alicyclic amines) is 1. The molecular weight excluding hydrogens is 928 g/mol. The maximum Gasteiger partial charge on any atom is 0.326 e. The molecule has 0 radical (unpaired) electrons. The number of hydrogen-bond acceptors (Lipinski definition) is 16. The molecule has 7 amide bonds.